The lowest BCUT2D eigenvalue weighted by molar-refractivity contribution is -0.166. The first kappa shape index (κ1) is 31.8. The van der Waals surface area contributed by atoms with Gasteiger partial charge in [0.1, 0.15) is 17.3 Å². The number of unbranched alkanes of at least 4 members (excludes halogenated alkanes) is 1. The van der Waals surface area contributed by atoms with E-state index in [4.69, 9.17) is 9.47 Å². The fourth-order valence-corrected chi connectivity index (χ4v) is 6.97. The fourth-order valence-electron chi connectivity index (χ4n) is 6.97. The summed E-state index contributed by atoms with van der Waals surface area (Å²) in [6.07, 6.45) is 7.07. The highest BCUT2D eigenvalue weighted by Crippen LogP contribution is 2.37. The molecule has 10 nitrogen and oxygen atoms in total. The van der Waals surface area contributed by atoms with Crippen LogP contribution in [0.4, 0.5) is 0 Å². The number of piperidine rings is 1. The van der Waals surface area contributed by atoms with Gasteiger partial charge >= 0.3 is 5.97 Å². The minimum absolute atomic E-state index is 0.0539. The number of carbonyl (C=O) groups is 3. The van der Waals surface area contributed by atoms with Crippen LogP contribution in [0.2, 0.25) is 0 Å². The van der Waals surface area contributed by atoms with Crippen molar-refractivity contribution in [2.24, 2.45) is 5.92 Å². The molecule has 1 spiro atoms. The summed E-state index contributed by atoms with van der Waals surface area (Å²) in [5.41, 5.74) is 0.329. The maximum atomic E-state index is 13.8. The van der Waals surface area contributed by atoms with Gasteiger partial charge in [0.15, 0.2) is 11.5 Å². The average Bonchev–Trinajstić information content (AvgIpc) is 3.05. The number of hydrogen-bond acceptors (Lipinski definition) is 7. The standard InChI is InChI=1S/C34H45N3O7/c1-3-4-18-37-31(39)29(30(38)24-8-6-5-7-9-24)35-33(42)34(37)16-19-36(20-17-34)22-23-10-13-26(14-11-23)44-27-15-12-25(32(40)41)21-28(27)43-2/h10-15,21,24,29-30,38H,3-9,16-20,22H2,1-2H3,(H,35,42)(H,40,41)/t29-,30-/m1/s1. The van der Waals surface area contributed by atoms with E-state index in [1.54, 1.807) is 6.07 Å². The Bertz CT molecular complexity index is 1320. The number of aliphatic hydroxyl groups excluding tert-OH is 1. The summed E-state index contributed by atoms with van der Waals surface area (Å²) in [4.78, 5) is 43.0. The molecule has 2 aromatic carbocycles. The fraction of sp³-hybridized carbons (Fsp3) is 0.559. The number of benzene rings is 2. The monoisotopic (exact) mass is 607 g/mol. The minimum Gasteiger partial charge on any atom is -0.493 e. The predicted molar refractivity (Wildman–Crippen MR) is 165 cm³/mol. The minimum atomic E-state index is -1.04. The highest BCUT2D eigenvalue weighted by Gasteiger charge is 2.55. The maximum Gasteiger partial charge on any atom is 0.335 e. The molecule has 2 aliphatic heterocycles. The SMILES string of the molecule is CCCCN1C(=O)[C@@H]([C@H](O)C2CCCCC2)NC(=O)C12CCN(Cc1ccc(Oc3ccc(C(=O)O)cc3OC)cc1)CC2. The number of carboxylic acid groups (broad SMARTS) is 1. The van der Waals surface area contributed by atoms with Gasteiger partial charge in [-0.05, 0) is 73.9 Å². The van der Waals surface area contributed by atoms with Crippen LogP contribution in [0, 0.1) is 5.92 Å². The van der Waals surface area contributed by atoms with Crippen LogP contribution in [-0.2, 0) is 16.1 Å². The molecule has 2 heterocycles. The van der Waals surface area contributed by atoms with Crippen LogP contribution in [0.25, 0.3) is 0 Å². The Labute approximate surface area is 259 Å². The van der Waals surface area contributed by atoms with Crippen molar-refractivity contribution in [2.75, 3.05) is 26.7 Å². The van der Waals surface area contributed by atoms with Gasteiger partial charge in [-0.2, -0.15) is 0 Å². The molecular formula is C34H45N3O7. The van der Waals surface area contributed by atoms with E-state index in [2.05, 4.69) is 17.1 Å². The highest BCUT2D eigenvalue weighted by molar-refractivity contribution is 6.00. The molecule has 10 heteroatoms. The lowest BCUT2D eigenvalue weighted by atomic mass is 9.78. The molecule has 2 atom stereocenters. The Morgan fingerprint density at radius 2 is 1.75 bits per heavy atom. The van der Waals surface area contributed by atoms with Crippen LogP contribution in [0.15, 0.2) is 42.5 Å². The number of amides is 2. The van der Waals surface area contributed by atoms with Crippen molar-refractivity contribution in [1.29, 1.82) is 0 Å². The second-order valence-corrected chi connectivity index (χ2v) is 12.4. The molecular weight excluding hydrogens is 562 g/mol. The van der Waals surface area contributed by atoms with E-state index in [-0.39, 0.29) is 23.3 Å². The molecule has 44 heavy (non-hydrogen) atoms. The Kier molecular flexibility index (Phi) is 10.1. The number of carbonyl (C=O) groups excluding carboxylic acids is 2. The molecule has 0 aromatic heterocycles. The van der Waals surface area contributed by atoms with E-state index in [1.807, 2.05) is 29.2 Å². The molecule has 3 fully saturated rings. The molecule has 238 valence electrons. The molecule has 0 radical (unpaired) electrons. The molecule has 3 aliphatic rings. The van der Waals surface area contributed by atoms with E-state index in [0.29, 0.717) is 56.3 Å². The van der Waals surface area contributed by atoms with Crippen molar-refractivity contribution in [3.8, 4) is 17.2 Å². The summed E-state index contributed by atoms with van der Waals surface area (Å²) in [7, 11) is 1.47. The van der Waals surface area contributed by atoms with Crippen molar-refractivity contribution in [3.05, 3.63) is 53.6 Å². The average molecular weight is 608 g/mol. The van der Waals surface area contributed by atoms with Gasteiger partial charge in [0.2, 0.25) is 11.8 Å². The third-order valence-electron chi connectivity index (χ3n) is 9.62. The van der Waals surface area contributed by atoms with Crippen molar-refractivity contribution < 1.29 is 34.1 Å². The number of likely N-dealkylation sites (tertiary alicyclic amines) is 1. The number of piperazine rings is 1. The number of nitrogens with one attached hydrogen (secondary N) is 1. The number of rotatable bonds is 11. The Morgan fingerprint density at radius 3 is 2.39 bits per heavy atom. The number of carboxylic acids is 1. The first-order valence-corrected chi connectivity index (χ1v) is 16.0. The van der Waals surface area contributed by atoms with Crippen molar-refractivity contribution >= 4 is 17.8 Å². The molecule has 2 saturated heterocycles. The summed E-state index contributed by atoms with van der Waals surface area (Å²) in [6, 6.07) is 11.3. The molecule has 0 bridgehead atoms. The van der Waals surface area contributed by atoms with Gasteiger partial charge in [-0.25, -0.2) is 4.79 Å². The summed E-state index contributed by atoms with van der Waals surface area (Å²) in [5.74, 6) is 0.123. The second kappa shape index (κ2) is 14.0. The van der Waals surface area contributed by atoms with E-state index >= 15 is 0 Å². The van der Waals surface area contributed by atoms with E-state index in [1.165, 1.54) is 19.2 Å². The van der Waals surface area contributed by atoms with Gasteiger partial charge in [-0.15, -0.1) is 0 Å². The lowest BCUT2D eigenvalue weighted by Gasteiger charge is -2.52. The van der Waals surface area contributed by atoms with Crippen molar-refractivity contribution in [3.63, 3.8) is 0 Å². The molecule has 2 aromatic rings. The molecule has 1 aliphatic carbocycles. The van der Waals surface area contributed by atoms with Crippen LogP contribution in [0.5, 0.6) is 17.2 Å². The van der Waals surface area contributed by atoms with Crippen LogP contribution in [0.3, 0.4) is 0 Å². The van der Waals surface area contributed by atoms with Gasteiger partial charge in [-0.1, -0.05) is 44.7 Å². The zero-order chi connectivity index (χ0) is 31.3. The summed E-state index contributed by atoms with van der Waals surface area (Å²) in [6.45, 7) is 4.65. The largest absolute Gasteiger partial charge is 0.493 e. The molecule has 0 unspecified atom stereocenters. The predicted octanol–water partition coefficient (Wildman–Crippen LogP) is 4.59. The maximum absolute atomic E-state index is 13.8. The summed E-state index contributed by atoms with van der Waals surface area (Å²) >= 11 is 0. The first-order chi connectivity index (χ1) is 21.3. The summed E-state index contributed by atoms with van der Waals surface area (Å²) in [5, 5.41) is 23.4. The van der Waals surface area contributed by atoms with Crippen molar-refractivity contribution in [2.45, 2.75) is 88.9 Å². The summed E-state index contributed by atoms with van der Waals surface area (Å²) < 4.78 is 11.3. The first-order valence-electron chi connectivity index (χ1n) is 16.0. The Balaban J connectivity index is 1.21. The molecule has 1 saturated carbocycles. The smallest absolute Gasteiger partial charge is 0.335 e. The Hall–Kier alpha value is -3.63. The zero-order valence-corrected chi connectivity index (χ0v) is 25.8. The van der Waals surface area contributed by atoms with E-state index in [9.17, 15) is 24.6 Å². The number of nitrogens with zero attached hydrogens (tertiary/aromatic N) is 2. The topological polar surface area (TPSA) is 129 Å². The lowest BCUT2D eigenvalue weighted by Crippen LogP contribution is -2.75. The van der Waals surface area contributed by atoms with E-state index < -0.39 is 23.7 Å². The number of aliphatic hydroxyl groups is 1. The van der Waals surface area contributed by atoms with Gasteiger partial charge in [0.25, 0.3) is 0 Å². The second-order valence-electron chi connectivity index (χ2n) is 12.4. The molecule has 2 amide bonds. The molecule has 5 rings (SSSR count). The highest BCUT2D eigenvalue weighted by atomic mass is 16.5. The number of aromatic carboxylic acids is 1. The third kappa shape index (κ3) is 6.71. The molecule has 3 N–H and O–H groups in total. The van der Waals surface area contributed by atoms with E-state index in [0.717, 1.165) is 50.5 Å². The van der Waals surface area contributed by atoms with Crippen molar-refractivity contribution in [1.82, 2.24) is 15.1 Å². The van der Waals surface area contributed by atoms with Gasteiger partial charge < -0.3 is 29.9 Å². The number of ether oxygens (including phenoxy) is 2. The van der Waals surface area contributed by atoms with Crippen LogP contribution in [0.1, 0.15) is 80.6 Å². The normalized spacial score (nSPS) is 21.6. The van der Waals surface area contributed by atoms with Gasteiger partial charge in [0, 0.05) is 26.2 Å². The van der Waals surface area contributed by atoms with Gasteiger partial charge in [0.05, 0.1) is 18.8 Å². The number of methoxy groups -OCH3 is 1. The van der Waals surface area contributed by atoms with Gasteiger partial charge in [-0.3, -0.25) is 14.5 Å². The zero-order valence-electron chi connectivity index (χ0n) is 25.8. The van der Waals surface area contributed by atoms with Crippen LogP contribution < -0.4 is 14.8 Å². The van der Waals surface area contributed by atoms with Crippen LogP contribution >= 0.6 is 0 Å². The quantitative estimate of drug-likeness (QED) is 0.339. The Morgan fingerprint density at radius 1 is 1.05 bits per heavy atom. The number of hydrogen-bond donors (Lipinski definition) is 3. The third-order valence-corrected chi connectivity index (χ3v) is 9.62. The van der Waals surface area contributed by atoms with Crippen LogP contribution in [-0.4, -0.2) is 82.2 Å².